The van der Waals surface area contributed by atoms with Crippen LogP contribution in [-0.4, -0.2) is 32.3 Å². The third-order valence-electron chi connectivity index (χ3n) is 6.08. The molecule has 7 nitrogen and oxygen atoms in total. The van der Waals surface area contributed by atoms with Crippen LogP contribution in [0.5, 0.6) is 11.5 Å². The van der Waals surface area contributed by atoms with Gasteiger partial charge < -0.3 is 20.5 Å². The molecule has 0 saturated heterocycles. The largest absolute Gasteiger partial charge is 0.504 e. The number of hydrogen-bond donors (Lipinski definition) is 4. The van der Waals surface area contributed by atoms with E-state index in [0.717, 1.165) is 9.13 Å². The van der Waals surface area contributed by atoms with Crippen LogP contribution < -0.4 is 20.1 Å². The van der Waals surface area contributed by atoms with Gasteiger partial charge in [-0.2, -0.15) is 0 Å². The van der Waals surface area contributed by atoms with Crippen molar-refractivity contribution in [3.63, 3.8) is 0 Å². The Balaban J connectivity index is 1.67. The minimum absolute atomic E-state index is 0.000951. The summed E-state index contributed by atoms with van der Waals surface area (Å²) < 4.78 is 35.5. The number of phenolic OH excluding ortho intramolecular Hbond substituents is 1. The Morgan fingerprint density at radius 1 is 1.03 bits per heavy atom. The summed E-state index contributed by atoms with van der Waals surface area (Å²) in [6.07, 6.45) is 0. The molecule has 0 spiro atoms. The summed E-state index contributed by atoms with van der Waals surface area (Å²) in [4.78, 5) is 0. The minimum Gasteiger partial charge on any atom is -0.504 e. The van der Waals surface area contributed by atoms with Crippen LogP contribution in [0.4, 0.5) is 0 Å². The number of nitrogens with one attached hydrogen (secondary N) is 3. The average Bonchev–Trinajstić information content (AvgIpc) is 2.87. The number of methoxy groups -OCH3 is 1. The van der Waals surface area contributed by atoms with Crippen molar-refractivity contribution in [2.75, 3.05) is 13.7 Å². The SMILES string of the molecule is COc1cc(CNS(=O)(=O)C(CNC(=S)NCc2ccc(C(C)(C)C)cc2)c2ccccc2)c(I)cc1O. The Kier molecular flexibility index (Phi) is 10.4. The first-order valence-corrected chi connectivity index (χ1v) is 15.1. The fraction of sp³-hybridized carbons (Fsp3) is 0.321. The zero-order valence-corrected chi connectivity index (χ0v) is 25.7. The van der Waals surface area contributed by atoms with Crippen LogP contribution in [0.1, 0.15) is 48.3 Å². The monoisotopic (exact) mass is 667 g/mol. The number of sulfonamides is 1. The van der Waals surface area contributed by atoms with E-state index in [9.17, 15) is 13.5 Å². The highest BCUT2D eigenvalue weighted by Gasteiger charge is 2.27. The molecule has 0 saturated carbocycles. The number of thiocarbonyl (C=S) groups is 1. The van der Waals surface area contributed by atoms with Gasteiger partial charge in [-0.15, -0.1) is 0 Å². The maximum Gasteiger partial charge on any atom is 0.220 e. The van der Waals surface area contributed by atoms with Gasteiger partial charge in [-0.25, -0.2) is 13.1 Å². The van der Waals surface area contributed by atoms with Crippen molar-refractivity contribution in [1.82, 2.24) is 15.4 Å². The van der Waals surface area contributed by atoms with Gasteiger partial charge in [0, 0.05) is 23.2 Å². The Bertz CT molecular complexity index is 1340. The molecule has 3 rings (SSSR count). The fourth-order valence-electron chi connectivity index (χ4n) is 3.79. The van der Waals surface area contributed by atoms with E-state index in [1.165, 1.54) is 12.7 Å². The molecule has 38 heavy (non-hydrogen) atoms. The maximum atomic E-state index is 13.4. The Morgan fingerprint density at radius 3 is 2.29 bits per heavy atom. The molecule has 0 radical (unpaired) electrons. The van der Waals surface area contributed by atoms with Crippen molar-refractivity contribution in [3.05, 3.63) is 92.6 Å². The first-order chi connectivity index (χ1) is 17.9. The van der Waals surface area contributed by atoms with E-state index in [4.69, 9.17) is 17.0 Å². The molecular formula is C28H34IN3O4S2. The quantitative estimate of drug-likeness (QED) is 0.176. The number of rotatable bonds is 10. The summed E-state index contributed by atoms with van der Waals surface area (Å²) in [7, 11) is -2.36. The van der Waals surface area contributed by atoms with Crippen LogP contribution in [0.2, 0.25) is 0 Å². The zero-order chi connectivity index (χ0) is 27.9. The van der Waals surface area contributed by atoms with Crippen LogP contribution in [0.15, 0.2) is 66.7 Å². The molecule has 0 aliphatic heterocycles. The number of aromatic hydroxyl groups is 1. The van der Waals surface area contributed by atoms with Gasteiger partial charge >= 0.3 is 0 Å². The highest BCUT2D eigenvalue weighted by atomic mass is 127. The molecular weight excluding hydrogens is 633 g/mol. The normalized spacial score (nSPS) is 12.6. The van der Waals surface area contributed by atoms with Crippen LogP contribution >= 0.6 is 34.8 Å². The van der Waals surface area contributed by atoms with Gasteiger partial charge in [-0.3, -0.25) is 0 Å². The molecule has 3 aromatic carbocycles. The molecule has 0 amide bonds. The summed E-state index contributed by atoms with van der Waals surface area (Å²) in [5.41, 5.74) is 3.76. The maximum absolute atomic E-state index is 13.4. The lowest BCUT2D eigenvalue weighted by molar-refractivity contribution is 0.372. The molecule has 204 valence electrons. The minimum atomic E-state index is -3.81. The zero-order valence-electron chi connectivity index (χ0n) is 21.9. The lowest BCUT2D eigenvalue weighted by Crippen LogP contribution is -2.41. The summed E-state index contributed by atoms with van der Waals surface area (Å²) in [5.74, 6) is 0.284. The molecule has 0 bridgehead atoms. The summed E-state index contributed by atoms with van der Waals surface area (Å²) >= 11 is 7.51. The second-order valence-electron chi connectivity index (χ2n) is 9.89. The topological polar surface area (TPSA) is 99.7 Å². The number of ether oxygens (including phenoxy) is 1. The number of hydrogen-bond acceptors (Lipinski definition) is 5. The number of benzene rings is 3. The molecule has 0 aromatic heterocycles. The van der Waals surface area contributed by atoms with E-state index in [1.54, 1.807) is 24.3 Å². The van der Waals surface area contributed by atoms with Crippen molar-refractivity contribution in [2.45, 2.75) is 44.5 Å². The summed E-state index contributed by atoms with van der Waals surface area (Å²) in [5, 5.41) is 15.7. The first-order valence-electron chi connectivity index (χ1n) is 12.1. The molecule has 0 heterocycles. The number of halogens is 1. The molecule has 1 unspecified atom stereocenters. The Hall–Kier alpha value is -2.41. The van der Waals surface area contributed by atoms with E-state index in [2.05, 4.69) is 83.0 Å². The predicted octanol–water partition coefficient (Wildman–Crippen LogP) is 5.13. The van der Waals surface area contributed by atoms with E-state index in [-0.39, 0.29) is 30.0 Å². The van der Waals surface area contributed by atoms with Crippen LogP contribution in [0.3, 0.4) is 0 Å². The molecule has 0 aliphatic rings. The van der Waals surface area contributed by atoms with E-state index in [0.29, 0.717) is 22.8 Å². The van der Waals surface area contributed by atoms with Crippen LogP contribution in [-0.2, 0) is 28.5 Å². The fourth-order valence-corrected chi connectivity index (χ4v) is 5.96. The second kappa shape index (κ2) is 13.1. The molecule has 0 aliphatic carbocycles. The van der Waals surface area contributed by atoms with E-state index < -0.39 is 15.3 Å². The molecule has 1 atom stereocenters. The molecule has 4 N–H and O–H groups in total. The summed E-state index contributed by atoms with van der Waals surface area (Å²) in [6, 6.07) is 20.6. The van der Waals surface area contributed by atoms with Gasteiger partial charge in [0.15, 0.2) is 16.6 Å². The highest BCUT2D eigenvalue weighted by Crippen LogP contribution is 2.31. The highest BCUT2D eigenvalue weighted by molar-refractivity contribution is 14.1. The Morgan fingerprint density at radius 2 is 1.68 bits per heavy atom. The van der Waals surface area contributed by atoms with E-state index in [1.807, 2.05) is 18.2 Å². The van der Waals surface area contributed by atoms with Gasteiger partial charge in [-0.05, 0) is 74.6 Å². The summed E-state index contributed by atoms with van der Waals surface area (Å²) in [6.45, 7) is 7.19. The van der Waals surface area contributed by atoms with Crippen molar-refractivity contribution in [1.29, 1.82) is 0 Å². The molecule has 0 fully saturated rings. The lowest BCUT2D eigenvalue weighted by atomic mass is 9.87. The van der Waals surface area contributed by atoms with Gasteiger partial charge in [0.05, 0.1) is 7.11 Å². The molecule has 10 heteroatoms. The van der Waals surface area contributed by atoms with E-state index >= 15 is 0 Å². The van der Waals surface area contributed by atoms with Crippen molar-refractivity contribution < 1.29 is 18.3 Å². The third-order valence-corrected chi connectivity index (χ3v) is 9.11. The van der Waals surface area contributed by atoms with Crippen LogP contribution in [0.25, 0.3) is 0 Å². The first kappa shape index (κ1) is 30.1. The predicted molar refractivity (Wildman–Crippen MR) is 165 cm³/mol. The third kappa shape index (κ3) is 8.29. The van der Waals surface area contributed by atoms with Gasteiger partial charge in [-0.1, -0.05) is 75.4 Å². The smallest absolute Gasteiger partial charge is 0.220 e. The lowest BCUT2D eigenvalue weighted by Gasteiger charge is -2.21. The van der Waals surface area contributed by atoms with Crippen LogP contribution in [0, 0.1) is 3.57 Å². The molecule has 3 aromatic rings. The number of phenols is 1. The second-order valence-corrected chi connectivity index (χ2v) is 13.4. The standard InChI is InChI=1S/C28H34IN3O4S2/c1-28(2,3)22-12-10-19(11-13-22)16-30-27(37)31-18-26(20-8-6-5-7-9-20)38(34,35)32-17-21-14-25(36-4)24(33)15-23(21)29/h5-15,26,32-33H,16-18H2,1-4H3,(H2,30,31,37). The Labute approximate surface area is 244 Å². The van der Waals surface area contributed by atoms with Gasteiger partial charge in [0.1, 0.15) is 5.25 Å². The van der Waals surface area contributed by atoms with Crippen molar-refractivity contribution >= 4 is 49.9 Å². The van der Waals surface area contributed by atoms with Gasteiger partial charge in [0.2, 0.25) is 10.0 Å². The van der Waals surface area contributed by atoms with Crippen molar-refractivity contribution in [3.8, 4) is 11.5 Å². The average molecular weight is 668 g/mol. The van der Waals surface area contributed by atoms with Gasteiger partial charge in [0.25, 0.3) is 0 Å². The van der Waals surface area contributed by atoms with Crippen molar-refractivity contribution in [2.24, 2.45) is 0 Å².